The van der Waals surface area contributed by atoms with Crippen molar-refractivity contribution in [1.29, 1.82) is 0 Å². The van der Waals surface area contributed by atoms with Crippen molar-refractivity contribution in [3.8, 4) is 0 Å². The number of aromatic nitrogens is 1. The molecule has 0 fully saturated rings. The van der Waals surface area contributed by atoms with Crippen LogP contribution in [0.5, 0.6) is 0 Å². The summed E-state index contributed by atoms with van der Waals surface area (Å²) in [6.07, 6.45) is 0. The molecule has 0 aliphatic heterocycles. The molecule has 0 unspecified atom stereocenters. The van der Waals surface area contributed by atoms with Gasteiger partial charge in [0.15, 0.2) is 0 Å². The number of ether oxygens (including phenoxy) is 1. The first-order chi connectivity index (χ1) is 14.0. The van der Waals surface area contributed by atoms with E-state index in [1.165, 1.54) is 49.6 Å². The lowest BCUT2D eigenvalue weighted by Gasteiger charge is -2.10. The average molecular weight is 393 g/mol. The molecule has 0 bridgehead atoms. The summed E-state index contributed by atoms with van der Waals surface area (Å²) in [5.74, 6) is -2.30. The molecule has 3 aromatic rings. The molecular weight excluding hydrogens is 377 g/mol. The van der Waals surface area contributed by atoms with Crippen LogP contribution < -0.4 is 10.6 Å². The Kier molecular flexibility index (Phi) is 5.94. The molecule has 1 aromatic heterocycles. The summed E-state index contributed by atoms with van der Waals surface area (Å²) >= 11 is 0. The van der Waals surface area contributed by atoms with Crippen LogP contribution in [0.4, 0.5) is 15.8 Å². The second-order valence-electron chi connectivity index (χ2n) is 5.86. The van der Waals surface area contributed by atoms with Gasteiger partial charge < -0.3 is 15.4 Å². The topological polar surface area (TPSA) is 97.4 Å². The van der Waals surface area contributed by atoms with Gasteiger partial charge in [-0.25, -0.2) is 14.2 Å². The minimum absolute atomic E-state index is 0.0248. The zero-order valence-electron chi connectivity index (χ0n) is 15.3. The van der Waals surface area contributed by atoms with Crippen LogP contribution in [0.1, 0.15) is 31.3 Å². The highest BCUT2D eigenvalue weighted by Gasteiger charge is 2.16. The summed E-state index contributed by atoms with van der Waals surface area (Å²) in [6.45, 7) is 0. The van der Waals surface area contributed by atoms with Crippen LogP contribution in [0.25, 0.3) is 0 Å². The van der Waals surface area contributed by atoms with Crippen molar-refractivity contribution >= 4 is 29.2 Å². The number of carbonyl (C=O) groups is 3. The fourth-order valence-electron chi connectivity index (χ4n) is 2.52. The lowest BCUT2D eigenvalue weighted by molar-refractivity contribution is 0.0601. The van der Waals surface area contributed by atoms with Gasteiger partial charge in [0, 0.05) is 5.69 Å². The number of rotatable bonds is 5. The van der Waals surface area contributed by atoms with Crippen LogP contribution in [0.15, 0.2) is 66.7 Å². The predicted octanol–water partition coefficient (Wildman–Crippen LogP) is 3.51. The van der Waals surface area contributed by atoms with E-state index >= 15 is 0 Å². The fourth-order valence-corrected chi connectivity index (χ4v) is 2.52. The van der Waals surface area contributed by atoms with Gasteiger partial charge in [-0.15, -0.1) is 0 Å². The maximum atomic E-state index is 13.3. The number of benzene rings is 2. The summed E-state index contributed by atoms with van der Waals surface area (Å²) in [6, 6.07) is 16.1. The van der Waals surface area contributed by atoms with Crippen LogP contribution in [0.2, 0.25) is 0 Å². The maximum Gasteiger partial charge on any atom is 0.339 e. The summed E-state index contributed by atoms with van der Waals surface area (Å²) in [5.41, 5.74) is 0.641. The van der Waals surface area contributed by atoms with Crippen molar-refractivity contribution in [3.05, 3.63) is 89.5 Å². The van der Waals surface area contributed by atoms with E-state index < -0.39 is 23.6 Å². The average Bonchev–Trinajstić information content (AvgIpc) is 2.73. The molecule has 0 spiro atoms. The third kappa shape index (κ3) is 4.81. The number of nitrogens with one attached hydrogen (secondary N) is 2. The lowest BCUT2D eigenvalue weighted by Crippen LogP contribution is -2.19. The molecule has 0 saturated carbocycles. The van der Waals surface area contributed by atoms with Crippen molar-refractivity contribution in [2.24, 2.45) is 0 Å². The molecule has 2 amide bonds. The zero-order chi connectivity index (χ0) is 20.8. The van der Waals surface area contributed by atoms with Crippen LogP contribution in [0.3, 0.4) is 0 Å². The molecule has 8 heteroatoms. The van der Waals surface area contributed by atoms with Crippen LogP contribution in [0, 0.1) is 5.82 Å². The molecule has 0 aliphatic rings. The largest absolute Gasteiger partial charge is 0.465 e. The highest BCUT2D eigenvalue weighted by Crippen LogP contribution is 2.17. The number of anilines is 2. The predicted molar refractivity (Wildman–Crippen MR) is 104 cm³/mol. The van der Waals surface area contributed by atoms with Gasteiger partial charge in [-0.3, -0.25) is 9.59 Å². The normalized spacial score (nSPS) is 10.1. The second kappa shape index (κ2) is 8.75. The van der Waals surface area contributed by atoms with E-state index in [2.05, 4.69) is 15.6 Å². The van der Waals surface area contributed by atoms with Crippen LogP contribution in [-0.2, 0) is 4.74 Å². The molecule has 2 aromatic carbocycles. The first-order valence-electron chi connectivity index (χ1n) is 8.50. The third-order valence-corrected chi connectivity index (χ3v) is 3.88. The Balaban J connectivity index is 1.78. The lowest BCUT2D eigenvalue weighted by atomic mass is 10.1. The van der Waals surface area contributed by atoms with E-state index in [4.69, 9.17) is 4.74 Å². The molecule has 29 heavy (non-hydrogen) atoms. The molecular formula is C21H16FN3O4. The van der Waals surface area contributed by atoms with Crippen LogP contribution >= 0.6 is 0 Å². The Morgan fingerprint density at radius 1 is 0.862 bits per heavy atom. The minimum atomic E-state index is -0.609. The quantitative estimate of drug-likeness (QED) is 0.647. The van der Waals surface area contributed by atoms with Gasteiger partial charge in [0.25, 0.3) is 11.8 Å². The van der Waals surface area contributed by atoms with E-state index in [-0.39, 0.29) is 28.3 Å². The minimum Gasteiger partial charge on any atom is -0.465 e. The summed E-state index contributed by atoms with van der Waals surface area (Å²) in [7, 11) is 1.24. The molecule has 146 valence electrons. The Labute approximate surface area is 165 Å². The highest BCUT2D eigenvalue weighted by atomic mass is 19.1. The van der Waals surface area contributed by atoms with E-state index in [0.29, 0.717) is 0 Å². The van der Waals surface area contributed by atoms with Crippen molar-refractivity contribution in [2.45, 2.75) is 0 Å². The van der Waals surface area contributed by atoms with E-state index in [0.717, 1.165) is 6.07 Å². The van der Waals surface area contributed by atoms with Gasteiger partial charge >= 0.3 is 5.97 Å². The molecule has 1 heterocycles. The van der Waals surface area contributed by atoms with Gasteiger partial charge in [0.2, 0.25) is 0 Å². The van der Waals surface area contributed by atoms with Crippen molar-refractivity contribution in [1.82, 2.24) is 4.98 Å². The number of pyridine rings is 1. The fraction of sp³-hybridized carbons (Fsp3) is 0.0476. The Hall–Kier alpha value is -4.07. The van der Waals surface area contributed by atoms with Crippen molar-refractivity contribution < 1.29 is 23.5 Å². The molecule has 2 N–H and O–H groups in total. The highest BCUT2D eigenvalue weighted by molar-refractivity contribution is 6.08. The zero-order valence-corrected chi connectivity index (χ0v) is 15.3. The van der Waals surface area contributed by atoms with Gasteiger partial charge in [-0.2, -0.15) is 0 Å². The summed E-state index contributed by atoms with van der Waals surface area (Å²) in [4.78, 5) is 40.8. The van der Waals surface area contributed by atoms with Crippen LogP contribution in [-0.4, -0.2) is 29.9 Å². The van der Waals surface area contributed by atoms with Gasteiger partial charge in [0.1, 0.15) is 17.2 Å². The third-order valence-electron chi connectivity index (χ3n) is 3.88. The number of para-hydroxylation sites is 1. The molecule has 0 saturated heterocycles. The molecule has 0 aliphatic carbocycles. The number of halogens is 1. The Bertz CT molecular complexity index is 1080. The number of nitrogens with zero attached hydrogens (tertiary/aromatic N) is 1. The molecule has 0 radical (unpaired) electrons. The summed E-state index contributed by atoms with van der Waals surface area (Å²) in [5, 5.41) is 5.09. The Morgan fingerprint density at radius 3 is 2.21 bits per heavy atom. The van der Waals surface area contributed by atoms with E-state index in [1.54, 1.807) is 18.2 Å². The second-order valence-corrected chi connectivity index (χ2v) is 5.86. The van der Waals surface area contributed by atoms with E-state index in [1.807, 2.05) is 0 Å². The summed E-state index contributed by atoms with van der Waals surface area (Å²) < 4.78 is 18.0. The maximum absolute atomic E-state index is 13.3. The van der Waals surface area contributed by atoms with E-state index in [9.17, 15) is 18.8 Å². The number of hydrogen-bond acceptors (Lipinski definition) is 5. The smallest absolute Gasteiger partial charge is 0.339 e. The molecule has 0 atom stereocenters. The first-order valence-corrected chi connectivity index (χ1v) is 8.50. The van der Waals surface area contributed by atoms with Crippen molar-refractivity contribution in [2.75, 3.05) is 17.7 Å². The number of amides is 2. The van der Waals surface area contributed by atoms with Crippen molar-refractivity contribution in [3.63, 3.8) is 0 Å². The number of methoxy groups -OCH3 is 1. The standard InChI is InChI=1S/C21H16FN3O4/c1-29-21(28)15-8-2-3-9-16(15)25-20(27)18-11-5-10-17(24-18)19(26)23-14-7-4-6-13(22)12-14/h2-12H,1H3,(H,23,26)(H,25,27). The Morgan fingerprint density at radius 2 is 1.52 bits per heavy atom. The first kappa shape index (κ1) is 19.7. The number of carbonyl (C=O) groups excluding carboxylic acids is 3. The van der Waals surface area contributed by atoms with Gasteiger partial charge in [0.05, 0.1) is 18.4 Å². The number of hydrogen-bond donors (Lipinski definition) is 2. The molecule has 7 nitrogen and oxygen atoms in total. The number of esters is 1. The SMILES string of the molecule is COC(=O)c1ccccc1NC(=O)c1cccc(C(=O)Nc2cccc(F)c2)n1. The van der Waals surface area contributed by atoms with Gasteiger partial charge in [-0.05, 0) is 42.5 Å². The molecule has 3 rings (SSSR count). The van der Waals surface area contributed by atoms with Gasteiger partial charge in [-0.1, -0.05) is 24.3 Å². The monoisotopic (exact) mass is 393 g/mol.